The second-order valence-corrected chi connectivity index (χ2v) is 7.01. The Kier molecular flexibility index (Phi) is 6.09. The van der Waals surface area contributed by atoms with Crippen molar-refractivity contribution in [2.75, 3.05) is 14.2 Å². The van der Waals surface area contributed by atoms with Gasteiger partial charge in [0.1, 0.15) is 22.2 Å². The monoisotopic (exact) mass is 454 g/mol. The largest absolute Gasteiger partial charge is 0.497 e. The van der Waals surface area contributed by atoms with E-state index in [0.717, 1.165) is 5.69 Å². The Labute approximate surface area is 188 Å². The minimum atomic E-state index is -0.642. The first-order chi connectivity index (χ1) is 15.5. The van der Waals surface area contributed by atoms with E-state index < -0.39 is 5.97 Å². The molecule has 0 saturated heterocycles. The van der Waals surface area contributed by atoms with Crippen LogP contribution in [0.3, 0.4) is 0 Å². The van der Waals surface area contributed by atoms with Crippen molar-refractivity contribution >= 4 is 17.6 Å². The summed E-state index contributed by atoms with van der Waals surface area (Å²) in [6, 6.07) is 14.5. The molecule has 4 rings (SSSR count). The molecular weight excluding hydrogens is 436 g/mol. The number of hydrogen-bond donors (Lipinski definition) is 0. The first-order valence-corrected chi connectivity index (χ1v) is 9.92. The third-order valence-corrected chi connectivity index (χ3v) is 5.00. The fraction of sp³-hybridized carbons (Fsp3) is 0.182. The molecule has 0 aliphatic carbocycles. The van der Waals surface area contributed by atoms with Crippen LogP contribution in [0.4, 0.5) is 0 Å². The van der Waals surface area contributed by atoms with Gasteiger partial charge in [-0.2, -0.15) is 10.1 Å². The SMILES string of the molecule is COc1ccc(-c2noc(COC(=O)c3c(C)nn(-c4ccccc4)c3Cl)n2)c(OC)c1. The zero-order chi connectivity index (χ0) is 22.7. The van der Waals surface area contributed by atoms with Crippen LogP contribution >= 0.6 is 11.6 Å². The summed E-state index contributed by atoms with van der Waals surface area (Å²) in [5.41, 5.74) is 1.96. The maximum atomic E-state index is 12.7. The van der Waals surface area contributed by atoms with Crippen LogP contribution in [0.15, 0.2) is 53.1 Å². The van der Waals surface area contributed by atoms with Crippen LogP contribution in [-0.4, -0.2) is 40.1 Å². The lowest BCUT2D eigenvalue weighted by molar-refractivity contribution is 0.0429. The minimum absolute atomic E-state index is 0.121. The summed E-state index contributed by atoms with van der Waals surface area (Å²) in [6.07, 6.45) is 0. The first-order valence-electron chi connectivity index (χ1n) is 9.54. The normalized spacial score (nSPS) is 10.8. The molecule has 0 amide bonds. The van der Waals surface area contributed by atoms with E-state index >= 15 is 0 Å². The summed E-state index contributed by atoms with van der Waals surface area (Å²) in [5.74, 6) is 0.921. The Morgan fingerprint density at radius 3 is 2.62 bits per heavy atom. The molecule has 2 aromatic heterocycles. The highest BCUT2D eigenvalue weighted by molar-refractivity contribution is 6.33. The van der Waals surface area contributed by atoms with Crippen molar-refractivity contribution in [3.8, 4) is 28.6 Å². The molecule has 9 nitrogen and oxygen atoms in total. The standard InChI is InChI=1S/C22H19ClN4O5/c1-13-19(20(23)27(25-13)14-7-5-4-6-8-14)22(28)31-12-18-24-21(26-32-18)16-10-9-15(29-2)11-17(16)30-3/h4-11H,12H2,1-3H3. The van der Waals surface area contributed by atoms with E-state index in [9.17, 15) is 4.79 Å². The van der Waals surface area contributed by atoms with Gasteiger partial charge in [0.05, 0.1) is 31.2 Å². The molecule has 0 fully saturated rings. The summed E-state index contributed by atoms with van der Waals surface area (Å²) in [6.45, 7) is 1.46. The Bertz CT molecular complexity index is 1250. The van der Waals surface area contributed by atoms with Crippen LogP contribution in [0.1, 0.15) is 21.9 Å². The third kappa shape index (κ3) is 4.15. The lowest BCUT2D eigenvalue weighted by Crippen LogP contribution is -2.07. The Hall–Kier alpha value is -3.85. The van der Waals surface area contributed by atoms with Gasteiger partial charge < -0.3 is 18.7 Å². The molecule has 0 unspecified atom stereocenters. The van der Waals surface area contributed by atoms with Gasteiger partial charge in [-0.05, 0) is 31.2 Å². The van der Waals surface area contributed by atoms with E-state index in [4.69, 9.17) is 30.3 Å². The lowest BCUT2D eigenvalue weighted by Gasteiger charge is -2.07. The van der Waals surface area contributed by atoms with Gasteiger partial charge in [-0.25, -0.2) is 9.48 Å². The molecule has 0 saturated carbocycles. The van der Waals surface area contributed by atoms with Crippen molar-refractivity contribution in [2.45, 2.75) is 13.5 Å². The zero-order valence-corrected chi connectivity index (χ0v) is 18.3. The maximum Gasteiger partial charge on any atom is 0.343 e. The van der Waals surface area contributed by atoms with Crippen molar-refractivity contribution in [3.63, 3.8) is 0 Å². The van der Waals surface area contributed by atoms with E-state index in [1.54, 1.807) is 32.2 Å². The summed E-state index contributed by atoms with van der Waals surface area (Å²) in [7, 11) is 3.09. The first kappa shape index (κ1) is 21.4. The number of carbonyl (C=O) groups excluding carboxylic acids is 1. The van der Waals surface area contributed by atoms with E-state index in [1.165, 1.54) is 11.8 Å². The molecule has 0 radical (unpaired) electrons. The van der Waals surface area contributed by atoms with Crippen molar-refractivity contribution in [1.82, 2.24) is 19.9 Å². The van der Waals surface area contributed by atoms with Crippen LogP contribution in [-0.2, 0) is 11.3 Å². The van der Waals surface area contributed by atoms with Crippen molar-refractivity contribution in [1.29, 1.82) is 0 Å². The summed E-state index contributed by atoms with van der Waals surface area (Å²) in [5, 5.41) is 8.44. The predicted octanol–water partition coefficient (Wildman–Crippen LogP) is 4.26. The van der Waals surface area contributed by atoms with Crippen LogP contribution in [0, 0.1) is 6.92 Å². The molecule has 0 spiro atoms. The van der Waals surface area contributed by atoms with Gasteiger partial charge in [0.2, 0.25) is 5.82 Å². The van der Waals surface area contributed by atoms with E-state index in [2.05, 4.69) is 15.2 Å². The highest BCUT2D eigenvalue weighted by Crippen LogP contribution is 2.31. The smallest absolute Gasteiger partial charge is 0.343 e. The Balaban J connectivity index is 1.50. The van der Waals surface area contributed by atoms with E-state index in [0.29, 0.717) is 28.6 Å². The molecule has 2 heterocycles. The zero-order valence-electron chi connectivity index (χ0n) is 17.5. The number of ether oxygens (including phenoxy) is 3. The molecule has 0 aliphatic heterocycles. The number of aromatic nitrogens is 4. The number of nitrogens with zero attached hydrogens (tertiary/aromatic N) is 4. The molecule has 0 bridgehead atoms. The molecule has 0 N–H and O–H groups in total. The Morgan fingerprint density at radius 1 is 1.12 bits per heavy atom. The topological polar surface area (TPSA) is 102 Å². The van der Waals surface area contributed by atoms with Gasteiger partial charge in [0.15, 0.2) is 6.61 Å². The molecule has 0 atom stereocenters. The number of benzene rings is 2. The average Bonchev–Trinajstić information content (AvgIpc) is 3.41. The number of rotatable bonds is 7. The van der Waals surface area contributed by atoms with Gasteiger partial charge in [-0.1, -0.05) is 35.0 Å². The van der Waals surface area contributed by atoms with E-state index in [-0.39, 0.29) is 23.2 Å². The van der Waals surface area contributed by atoms with Gasteiger partial charge >= 0.3 is 5.97 Å². The van der Waals surface area contributed by atoms with Crippen molar-refractivity contribution < 1.29 is 23.5 Å². The number of aryl methyl sites for hydroxylation is 1. The molecular formula is C22H19ClN4O5. The highest BCUT2D eigenvalue weighted by Gasteiger charge is 2.23. The number of carbonyl (C=O) groups is 1. The fourth-order valence-electron chi connectivity index (χ4n) is 3.08. The predicted molar refractivity (Wildman–Crippen MR) is 115 cm³/mol. The number of hydrogen-bond acceptors (Lipinski definition) is 8. The number of para-hydroxylation sites is 1. The maximum absolute atomic E-state index is 12.7. The lowest BCUT2D eigenvalue weighted by atomic mass is 10.2. The number of esters is 1. The average molecular weight is 455 g/mol. The van der Waals surface area contributed by atoms with Gasteiger partial charge in [0, 0.05) is 6.07 Å². The fourth-order valence-corrected chi connectivity index (χ4v) is 3.43. The highest BCUT2D eigenvalue weighted by atomic mass is 35.5. The Morgan fingerprint density at radius 2 is 1.91 bits per heavy atom. The number of methoxy groups -OCH3 is 2. The summed E-state index contributed by atoms with van der Waals surface area (Å²) in [4.78, 5) is 16.9. The molecule has 2 aromatic carbocycles. The van der Waals surface area contributed by atoms with Crippen LogP contribution < -0.4 is 9.47 Å². The van der Waals surface area contributed by atoms with E-state index in [1.807, 2.05) is 30.3 Å². The molecule has 10 heteroatoms. The van der Waals surface area contributed by atoms with Gasteiger partial charge in [0.25, 0.3) is 5.89 Å². The van der Waals surface area contributed by atoms with Crippen LogP contribution in [0.2, 0.25) is 5.15 Å². The molecule has 32 heavy (non-hydrogen) atoms. The van der Waals surface area contributed by atoms with Crippen LogP contribution in [0.5, 0.6) is 11.5 Å². The molecule has 4 aromatic rings. The second-order valence-electron chi connectivity index (χ2n) is 6.65. The van der Waals surface area contributed by atoms with Crippen molar-refractivity contribution in [2.24, 2.45) is 0 Å². The molecule has 0 aliphatic rings. The molecule has 164 valence electrons. The minimum Gasteiger partial charge on any atom is -0.497 e. The second kappa shape index (κ2) is 9.11. The third-order valence-electron chi connectivity index (χ3n) is 4.65. The quantitative estimate of drug-likeness (QED) is 0.382. The van der Waals surface area contributed by atoms with Crippen molar-refractivity contribution in [3.05, 3.63) is 70.8 Å². The van der Waals surface area contributed by atoms with Gasteiger partial charge in [-0.15, -0.1) is 0 Å². The number of halogens is 1. The summed E-state index contributed by atoms with van der Waals surface area (Å²) < 4.78 is 22.6. The van der Waals surface area contributed by atoms with Crippen LogP contribution in [0.25, 0.3) is 17.1 Å². The summed E-state index contributed by atoms with van der Waals surface area (Å²) >= 11 is 6.41. The van der Waals surface area contributed by atoms with Gasteiger partial charge in [-0.3, -0.25) is 0 Å².